The number of amides is 5. The molecule has 3 heterocycles. The molecule has 4 fully saturated rings. The lowest BCUT2D eigenvalue weighted by Crippen LogP contribution is -2.57. The average Bonchev–Trinajstić information content (AvgIpc) is 4.07. The molecular formula is C41H49F3N6O7S. The van der Waals surface area contributed by atoms with Gasteiger partial charge in [0.05, 0.1) is 28.1 Å². The van der Waals surface area contributed by atoms with Crippen molar-refractivity contribution in [2.24, 2.45) is 28.9 Å². The third-order valence-corrected chi connectivity index (χ3v) is 14.4. The molecule has 7 rings (SSSR count). The molecular weight excluding hydrogens is 778 g/mol. The van der Waals surface area contributed by atoms with Crippen LogP contribution in [0.2, 0.25) is 0 Å². The van der Waals surface area contributed by atoms with Gasteiger partial charge in [-0.2, -0.15) is 13.2 Å². The number of halogens is 3. The molecule has 2 aromatic carbocycles. The molecule has 2 aliphatic heterocycles. The molecule has 0 radical (unpaired) electrons. The number of carbonyl (C=O) groups is 5. The van der Waals surface area contributed by atoms with E-state index in [9.17, 15) is 45.6 Å². The maximum absolute atomic E-state index is 14.9. The van der Waals surface area contributed by atoms with E-state index in [2.05, 4.69) is 16.6 Å². The first kappa shape index (κ1) is 41.2. The van der Waals surface area contributed by atoms with E-state index in [0.717, 1.165) is 10.8 Å². The summed E-state index contributed by atoms with van der Waals surface area (Å²) < 4.78 is 69.4. The molecule has 4 aliphatic rings. The third kappa shape index (κ3) is 7.57. The minimum atomic E-state index is -4.37. The van der Waals surface area contributed by atoms with Crippen LogP contribution in [0.4, 0.5) is 18.0 Å². The Morgan fingerprint density at radius 1 is 0.983 bits per heavy atom. The van der Waals surface area contributed by atoms with Gasteiger partial charge in [0, 0.05) is 48.7 Å². The summed E-state index contributed by atoms with van der Waals surface area (Å²) in [5, 5.41) is 3.60. The van der Waals surface area contributed by atoms with E-state index in [1.807, 2.05) is 24.3 Å². The molecule has 2 saturated carbocycles. The number of nitrogens with one attached hydrogen (secondary N) is 2. The Bertz CT molecular complexity index is 2310. The molecule has 5 amide bonds. The van der Waals surface area contributed by atoms with Gasteiger partial charge in [-0.3, -0.25) is 28.5 Å². The molecule has 58 heavy (non-hydrogen) atoms. The number of piperidine rings is 1. The van der Waals surface area contributed by atoms with E-state index in [1.165, 1.54) is 20.4 Å². The van der Waals surface area contributed by atoms with Crippen LogP contribution in [0.1, 0.15) is 77.2 Å². The summed E-state index contributed by atoms with van der Waals surface area (Å²) in [5.74, 6) is -6.29. The molecule has 13 nitrogen and oxygen atoms in total. The predicted molar refractivity (Wildman–Crippen MR) is 209 cm³/mol. The molecule has 1 aromatic heterocycles. The third-order valence-electron chi connectivity index (χ3n) is 12.6. The number of nitrogens with zero attached hydrogens (tertiary/aromatic N) is 3. The Hall–Kier alpha value is -4.93. The summed E-state index contributed by atoms with van der Waals surface area (Å²) in [4.78, 5) is 72.6. The number of sulfonamides is 1. The first-order valence-electron chi connectivity index (χ1n) is 19.7. The molecule has 2 saturated heterocycles. The molecule has 0 bridgehead atoms. The van der Waals surface area contributed by atoms with E-state index in [0.29, 0.717) is 29.4 Å². The smallest absolute Gasteiger partial charge is 0.351 e. The molecule has 17 heteroatoms. The Morgan fingerprint density at radius 3 is 2.22 bits per heavy atom. The molecule has 0 unspecified atom stereocenters. The van der Waals surface area contributed by atoms with Crippen molar-refractivity contribution in [2.45, 2.75) is 94.6 Å². The first-order chi connectivity index (χ1) is 27.2. The van der Waals surface area contributed by atoms with Gasteiger partial charge in [-0.15, -0.1) is 6.58 Å². The quantitative estimate of drug-likeness (QED) is 0.243. The van der Waals surface area contributed by atoms with E-state index in [-0.39, 0.29) is 51.7 Å². The second-order valence-corrected chi connectivity index (χ2v) is 19.3. The molecule has 5 atom stereocenters. The van der Waals surface area contributed by atoms with Crippen molar-refractivity contribution >= 4 is 61.5 Å². The van der Waals surface area contributed by atoms with Crippen molar-refractivity contribution in [1.82, 2.24) is 24.4 Å². The molecule has 4 N–H and O–H groups in total. The number of hydrogen-bond donors (Lipinski definition) is 3. The van der Waals surface area contributed by atoms with Crippen molar-refractivity contribution in [3.05, 3.63) is 60.7 Å². The van der Waals surface area contributed by atoms with Crippen LogP contribution in [-0.4, -0.2) is 95.1 Å². The zero-order chi connectivity index (χ0) is 42.1. The van der Waals surface area contributed by atoms with Crippen LogP contribution in [0, 0.1) is 23.2 Å². The van der Waals surface area contributed by atoms with Crippen molar-refractivity contribution < 1.29 is 45.6 Å². The maximum atomic E-state index is 14.9. The topological polar surface area (TPSA) is 181 Å². The van der Waals surface area contributed by atoms with Gasteiger partial charge in [-0.05, 0) is 55.6 Å². The maximum Gasteiger partial charge on any atom is 0.391 e. The highest BCUT2D eigenvalue weighted by molar-refractivity contribution is 7.91. The van der Waals surface area contributed by atoms with Gasteiger partial charge in [0.15, 0.2) is 0 Å². The van der Waals surface area contributed by atoms with Gasteiger partial charge in [0.25, 0.3) is 5.91 Å². The fraction of sp³-hybridized carbons (Fsp3) is 0.537. The highest BCUT2D eigenvalue weighted by atomic mass is 32.2. The standard InChI is InChI=1S/C41H49F3N6O7S/c1-5-24-21-40(24,37(54)47-58(56,57)26-13-14-26)46-35(52)32-19-23(27-10-8-11-29-28-9-6-7-12-31(28)50(34(27)29)38(45)55)22-49(32)36(53)30(39(2,3)4)20-33(51)48-17-15-25(16-18-48)41(42,43)44/h5-12,23-26,30,32H,1,13-22H2,2-4H3,(H2,45,55)(H,46,52)(H,47,54)/t23-,24+,30+,32-,40+/m0/s1. The average molecular weight is 827 g/mol. The first-order valence-corrected chi connectivity index (χ1v) is 21.2. The number of alkyl halides is 3. The SMILES string of the molecule is C=C[C@@H]1C[C@]1(NC(=O)[C@@H]1C[C@H](c2cccc3c4ccccc4n(C(N)=O)c23)CN1C(=O)[C@@H](CC(=O)N1CCC(C(F)(F)F)CC1)C(C)(C)C)C(=O)NS(=O)(=O)C1CC1. The van der Waals surface area contributed by atoms with Crippen molar-refractivity contribution in [3.63, 3.8) is 0 Å². The summed E-state index contributed by atoms with van der Waals surface area (Å²) in [6.07, 6.45) is -2.75. The second kappa shape index (κ2) is 14.7. The molecule has 2 aliphatic carbocycles. The van der Waals surface area contributed by atoms with Crippen LogP contribution in [0.15, 0.2) is 55.1 Å². The van der Waals surface area contributed by atoms with Crippen LogP contribution in [0.5, 0.6) is 0 Å². The number of rotatable bonds is 10. The van der Waals surface area contributed by atoms with Crippen molar-refractivity contribution in [1.29, 1.82) is 0 Å². The Morgan fingerprint density at radius 2 is 1.64 bits per heavy atom. The number of aromatic nitrogens is 1. The number of primary amides is 1. The lowest BCUT2D eigenvalue weighted by atomic mass is 9.77. The lowest BCUT2D eigenvalue weighted by molar-refractivity contribution is -0.186. The van der Waals surface area contributed by atoms with Crippen molar-refractivity contribution in [3.8, 4) is 0 Å². The zero-order valence-corrected chi connectivity index (χ0v) is 33.5. The van der Waals surface area contributed by atoms with Crippen LogP contribution >= 0.6 is 0 Å². The Balaban J connectivity index is 1.23. The van der Waals surface area contributed by atoms with Gasteiger partial charge < -0.3 is 20.9 Å². The van der Waals surface area contributed by atoms with Crippen molar-refractivity contribution in [2.75, 3.05) is 19.6 Å². The number of benzene rings is 2. The summed E-state index contributed by atoms with van der Waals surface area (Å²) in [6.45, 7) is 8.84. The van der Waals surface area contributed by atoms with E-state index < -0.39 is 91.8 Å². The molecule has 0 spiro atoms. The van der Waals surface area contributed by atoms with Gasteiger partial charge in [-0.1, -0.05) is 63.2 Å². The molecule has 3 aromatic rings. The van der Waals surface area contributed by atoms with E-state index in [1.54, 1.807) is 39.0 Å². The highest BCUT2D eigenvalue weighted by Gasteiger charge is 2.62. The summed E-state index contributed by atoms with van der Waals surface area (Å²) in [5.41, 5.74) is 5.18. The minimum absolute atomic E-state index is 0.0313. The minimum Gasteiger partial charge on any atom is -0.351 e. The Kier molecular flexibility index (Phi) is 10.5. The molecule has 312 valence electrons. The summed E-state index contributed by atoms with van der Waals surface area (Å²) in [7, 11) is -3.97. The number of carbonyl (C=O) groups excluding carboxylic acids is 5. The lowest BCUT2D eigenvalue weighted by Gasteiger charge is -2.37. The van der Waals surface area contributed by atoms with Gasteiger partial charge in [0.1, 0.15) is 11.6 Å². The fourth-order valence-electron chi connectivity index (χ4n) is 8.90. The summed E-state index contributed by atoms with van der Waals surface area (Å²) >= 11 is 0. The summed E-state index contributed by atoms with van der Waals surface area (Å²) in [6, 6.07) is 10.8. The Labute approximate surface area is 334 Å². The van der Waals surface area contributed by atoms with Gasteiger partial charge in [-0.25, -0.2) is 13.2 Å². The number of likely N-dealkylation sites (tertiary alicyclic amines) is 2. The number of fused-ring (bicyclic) bond motifs is 3. The number of hydrogen-bond acceptors (Lipinski definition) is 7. The van der Waals surface area contributed by atoms with Gasteiger partial charge >= 0.3 is 12.2 Å². The second-order valence-electron chi connectivity index (χ2n) is 17.4. The van der Waals surface area contributed by atoms with Crippen LogP contribution < -0.4 is 15.8 Å². The van der Waals surface area contributed by atoms with Crippen LogP contribution in [-0.2, 0) is 29.2 Å². The highest BCUT2D eigenvalue weighted by Crippen LogP contribution is 2.47. The number of nitrogens with two attached hydrogens (primary N) is 1. The predicted octanol–water partition coefficient (Wildman–Crippen LogP) is 4.93. The largest absolute Gasteiger partial charge is 0.391 e. The van der Waals surface area contributed by atoms with Crippen LogP contribution in [0.25, 0.3) is 21.8 Å². The van der Waals surface area contributed by atoms with E-state index >= 15 is 0 Å². The zero-order valence-electron chi connectivity index (χ0n) is 32.7. The van der Waals surface area contributed by atoms with E-state index in [4.69, 9.17) is 5.73 Å². The van der Waals surface area contributed by atoms with Crippen LogP contribution in [0.3, 0.4) is 0 Å². The van der Waals surface area contributed by atoms with Gasteiger partial charge in [0.2, 0.25) is 27.7 Å². The number of para-hydroxylation sites is 2. The fourth-order valence-corrected chi connectivity index (χ4v) is 10.3. The normalized spacial score (nSPS) is 24.8. The monoisotopic (exact) mass is 826 g/mol.